The number of hydrogen-bond donors (Lipinski definition) is 3. The van der Waals surface area contributed by atoms with Gasteiger partial charge in [0, 0.05) is 26.3 Å². The molecule has 0 amide bonds. The molecule has 0 aliphatic carbocycles. The first-order valence-corrected chi connectivity index (χ1v) is 9.21. The number of pyridine rings is 1. The van der Waals surface area contributed by atoms with E-state index in [0.717, 1.165) is 6.26 Å². The molecular formula is C10H18N4O4S2. The van der Waals surface area contributed by atoms with E-state index in [1.807, 2.05) is 0 Å². The Morgan fingerprint density at radius 2 is 1.80 bits per heavy atom. The molecule has 20 heavy (non-hydrogen) atoms. The minimum Gasteiger partial charge on any atom is -0.386 e. The van der Waals surface area contributed by atoms with E-state index in [2.05, 4.69) is 19.7 Å². The standard InChI is InChI=1S/C10H18N4O4S2/c1-11-9-5-3-6-12-10(9)20(17,18)14-8-4-7-13-19(2,15)16/h3,5-6,11,13-14H,4,7-8H2,1-2H3. The van der Waals surface area contributed by atoms with E-state index in [0.29, 0.717) is 12.1 Å². The number of rotatable bonds is 8. The molecule has 0 bridgehead atoms. The SMILES string of the molecule is CNc1cccnc1S(=O)(=O)NCCCNS(C)(=O)=O. The number of hydrogen-bond acceptors (Lipinski definition) is 6. The molecular weight excluding hydrogens is 304 g/mol. The summed E-state index contributed by atoms with van der Waals surface area (Å²) >= 11 is 0. The van der Waals surface area contributed by atoms with Crippen LogP contribution in [-0.4, -0.2) is 48.2 Å². The van der Waals surface area contributed by atoms with Gasteiger partial charge in [0.25, 0.3) is 10.0 Å². The van der Waals surface area contributed by atoms with Gasteiger partial charge in [-0.15, -0.1) is 0 Å². The van der Waals surface area contributed by atoms with Gasteiger partial charge in [0.05, 0.1) is 11.9 Å². The lowest BCUT2D eigenvalue weighted by atomic mass is 10.4. The van der Waals surface area contributed by atoms with E-state index < -0.39 is 20.0 Å². The molecule has 1 aromatic rings. The fourth-order valence-electron chi connectivity index (χ4n) is 1.42. The van der Waals surface area contributed by atoms with Crippen LogP contribution in [0.2, 0.25) is 0 Å². The Labute approximate surface area is 119 Å². The van der Waals surface area contributed by atoms with Crippen molar-refractivity contribution in [3.63, 3.8) is 0 Å². The lowest BCUT2D eigenvalue weighted by Crippen LogP contribution is -2.30. The van der Waals surface area contributed by atoms with Crippen molar-refractivity contribution in [3.05, 3.63) is 18.3 Å². The highest BCUT2D eigenvalue weighted by Crippen LogP contribution is 2.16. The number of anilines is 1. The summed E-state index contributed by atoms with van der Waals surface area (Å²) in [6, 6.07) is 3.23. The molecule has 0 radical (unpaired) electrons. The fraction of sp³-hybridized carbons (Fsp3) is 0.500. The van der Waals surface area contributed by atoms with Gasteiger partial charge < -0.3 is 5.32 Å². The van der Waals surface area contributed by atoms with Crippen molar-refractivity contribution in [2.24, 2.45) is 0 Å². The maximum Gasteiger partial charge on any atom is 0.260 e. The Hall–Kier alpha value is -1.23. The molecule has 1 aromatic heterocycles. The number of nitrogens with one attached hydrogen (secondary N) is 3. The third kappa shape index (κ3) is 5.41. The molecule has 0 fully saturated rings. The zero-order valence-corrected chi connectivity index (χ0v) is 12.9. The van der Waals surface area contributed by atoms with Gasteiger partial charge in [-0.3, -0.25) is 0 Å². The van der Waals surface area contributed by atoms with Crippen molar-refractivity contribution in [2.45, 2.75) is 11.4 Å². The van der Waals surface area contributed by atoms with Crippen molar-refractivity contribution in [1.29, 1.82) is 0 Å². The van der Waals surface area contributed by atoms with Gasteiger partial charge in [0.1, 0.15) is 0 Å². The van der Waals surface area contributed by atoms with E-state index in [9.17, 15) is 16.8 Å². The van der Waals surface area contributed by atoms with Crippen LogP contribution >= 0.6 is 0 Å². The number of sulfonamides is 2. The fourth-order valence-corrected chi connectivity index (χ4v) is 3.14. The molecule has 114 valence electrons. The number of nitrogens with zero attached hydrogens (tertiary/aromatic N) is 1. The summed E-state index contributed by atoms with van der Waals surface area (Å²) in [5, 5.41) is 2.67. The smallest absolute Gasteiger partial charge is 0.260 e. The Morgan fingerprint density at radius 1 is 1.15 bits per heavy atom. The molecule has 0 saturated heterocycles. The van der Waals surface area contributed by atoms with Gasteiger partial charge in [-0.05, 0) is 18.6 Å². The molecule has 0 aromatic carbocycles. The molecule has 0 atom stereocenters. The van der Waals surface area contributed by atoms with Crippen LogP contribution in [0.5, 0.6) is 0 Å². The first kappa shape index (κ1) is 16.8. The molecule has 0 unspecified atom stereocenters. The van der Waals surface area contributed by atoms with E-state index in [1.165, 1.54) is 6.20 Å². The van der Waals surface area contributed by atoms with E-state index in [4.69, 9.17) is 0 Å². The monoisotopic (exact) mass is 322 g/mol. The Morgan fingerprint density at radius 3 is 2.40 bits per heavy atom. The Balaban J connectivity index is 2.58. The van der Waals surface area contributed by atoms with E-state index >= 15 is 0 Å². The molecule has 3 N–H and O–H groups in total. The summed E-state index contributed by atoms with van der Waals surface area (Å²) in [4.78, 5) is 3.83. The van der Waals surface area contributed by atoms with Gasteiger partial charge in [-0.2, -0.15) is 0 Å². The van der Waals surface area contributed by atoms with Crippen LogP contribution in [0.25, 0.3) is 0 Å². The third-order valence-corrected chi connectivity index (χ3v) is 4.45. The van der Waals surface area contributed by atoms with Crippen molar-refractivity contribution >= 4 is 25.7 Å². The van der Waals surface area contributed by atoms with Gasteiger partial charge in [0.15, 0.2) is 5.03 Å². The van der Waals surface area contributed by atoms with Crippen LogP contribution in [0.3, 0.4) is 0 Å². The molecule has 10 heteroatoms. The average molecular weight is 322 g/mol. The van der Waals surface area contributed by atoms with E-state index in [-0.39, 0.29) is 18.1 Å². The van der Waals surface area contributed by atoms with Crippen molar-refractivity contribution < 1.29 is 16.8 Å². The van der Waals surface area contributed by atoms with Crippen LogP contribution < -0.4 is 14.8 Å². The van der Waals surface area contributed by atoms with Crippen LogP contribution in [-0.2, 0) is 20.0 Å². The van der Waals surface area contributed by atoms with E-state index in [1.54, 1.807) is 19.2 Å². The van der Waals surface area contributed by atoms with Crippen LogP contribution in [0.1, 0.15) is 6.42 Å². The van der Waals surface area contributed by atoms with Crippen LogP contribution in [0.15, 0.2) is 23.4 Å². The summed E-state index contributed by atoms with van der Waals surface area (Å²) in [5.74, 6) is 0. The molecule has 1 rings (SSSR count). The summed E-state index contributed by atoms with van der Waals surface area (Å²) in [6.45, 7) is 0.285. The maximum absolute atomic E-state index is 12.0. The first-order chi connectivity index (χ1) is 9.26. The minimum atomic E-state index is -3.72. The predicted molar refractivity (Wildman–Crippen MR) is 76.4 cm³/mol. The van der Waals surface area contributed by atoms with Crippen LogP contribution in [0, 0.1) is 0 Å². The topological polar surface area (TPSA) is 117 Å². The summed E-state index contributed by atoms with van der Waals surface area (Å²) < 4.78 is 50.3. The highest BCUT2D eigenvalue weighted by atomic mass is 32.2. The molecule has 0 aliphatic rings. The molecule has 0 spiro atoms. The van der Waals surface area contributed by atoms with Crippen molar-refractivity contribution in [3.8, 4) is 0 Å². The van der Waals surface area contributed by atoms with Gasteiger partial charge in [-0.25, -0.2) is 31.3 Å². The largest absolute Gasteiger partial charge is 0.386 e. The summed E-state index contributed by atoms with van der Waals surface area (Å²) in [7, 11) is -5.37. The van der Waals surface area contributed by atoms with Crippen LogP contribution in [0.4, 0.5) is 5.69 Å². The lowest BCUT2D eigenvalue weighted by molar-refractivity contribution is 0.572. The number of aromatic nitrogens is 1. The maximum atomic E-state index is 12.0. The second kappa shape index (κ2) is 6.97. The van der Waals surface area contributed by atoms with Crippen molar-refractivity contribution in [2.75, 3.05) is 31.7 Å². The van der Waals surface area contributed by atoms with Crippen molar-refractivity contribution in [1.82, 2.24) is 14.4 Å². The highest BCUT2D eigenvalue weighted by Gasteiger charge is 2.18. The van der Waals surface area contributed by atoms with Gasteiger partial charge in [-0.1, -0.05) is 0 Å². The lowest BCUT2D eigenvalue weighted by Gasteiger charge is -2.09. The Kier molecular flexibility index (Phi) is 5.87. The minimum absolute atomic E-state index is 0.0847. The summed E-state index contributed by atoms with van der Waals surface area (Å²) in [6.07, 6.45) is 2.78. The quantitative estimate of drug-likeness (QED) is 0.547. The second-order valence-corrected chi connectivity index (χ2v) is 7.54. The average Bonchev–Trinajstić information content (AvgIpc) is 2.36. The zero-order chi connectivity index (χ0) is 15.2. The first-order valence-electron chi connectivity index (χ1n) is 5.83. The molecule has 0 saturated carbocycles. The van der Waals surface area contributed by atoms with Gasteiger partial charge in [0.2, 0.25) is 10.0 Å². The van der Waals surface area contributed by atoms with Gasteiger partial charge >= 0.3 is 0 Å². The highest BCUT2D eigenvalue weighted by molar-refractivity contribution is 7.89. The molecule has 0 aliphatic heterocycles. The molecule has 8 nitrogen and oxygen atoms in total. The molecule has 1 heterocycles. The normalized spacial score (nSPS) is 12.3. The zero-order valence-electron chi connectivity index (χ0n) is 11.3. The summed E-state index contributed by atoms with van der Waals surface area (Å²) in [5.41, 5.74) is 0.397. The predicted octanol–water partition coefficient (Wildman–Crippen LogP) is -0.659. The third-order valence-electron chi connectivity index (χ3n) is 2.30. The Bertz CT molecular complexity index is 643. The second-order valence-electron chi connectivity index (χ2n) is 4.02.